The topological polar surface area (TPSA) is 250 Å². The summed E-state index contributed by atoms with van der Waals surface area (Å²) in [5.74, 6) is -3.17. The van der Waals surface area contributed by atoms with Crippen molar-refractivity contribution in [2.45, 2.75) is 119 Å². The molecule has 1 unspecified atom stereocenters. The number of nitrogens with one attached hydrogen (secondary N) is 2. The van der Waals surface area contributed by atoms with Crippen molar-refractivity contribution in [1.82, 2.24) is 30.2 Å². The van der Waals surface area contributed by atoms with E-state index in [0.717, 1.165) is 110 Å². The molecule has 1 amide bonds. The van der Waals surface area contributed by atoms with Gasteiger partial charge < -0.3 is 35.8 Å². The van der Waals surface area contributed by atoms with Crippen LogP contribution in [0.1, 0.15) is 113 Å². The molecule has 7 aliphatic rings. The van der Waals surface area contributed by atoms with Crippen LogP contribution < -0.4 is 10.6 Å². The Morgan fingerprint density at radius 3 is 1.90 bits per heavy atom. The Balaban J connectivity index is 1.05. The largest absolute Gasteiger partial charge is 0.511 e. The van der Waals surface area contributed by atoms with Crippen LogP contribution in [0.5, 0.6) is 0 Å². The third-order valence-corrected chi connectivity index (χ3v) is 15.9. The van der Waals surface area contributed by atoms with E-state index in [-0.39, 0.29) is 101 Å². The second-order valence-electron chi connectivity index (χ2n) is 21.4. The predicted molar refractivity (Wildman–Crippen MR) is 297 cm³/mol. The van der Waals surface area contributed by atoms with E-state index in [2.05, 4.69) is 64.3 Å². The van der Waals surface area contributed by atoms with E-state index in [1.807, 2.05) is 17.9 Å². The fraction of sp³-hybridized carbons (Fsp3) is 0.586. The van der Waals surface area contributed by atoms with Crippen molar-refractivity contribution in [3.63, 3.8) is 0 Å². The number of carbonyl (C=O) groups is 5. The molecule has 0 radical (unpaired) electrons. The number of carbonyl (C=O) groups excluding carboxylic acids is 2. The number of nitrogens with zero attached hydrogens (tertiary/aromatic N) is 7. The number of allylic oxidation sites excluding steroid dienone is 11. The third-order valence-electron chi connectivity index (χ3n) is 15.9. The highest BCUT2D eigenvalue weighted by molar-refractivity contribution is 6.21. The predicted octanol–water partition coefficient (Wildman–Crippen LogP) is 6.36. The second kappa shape index (κ2) is 27.0. The number of aliphatic hydroxyl groups excluding tert-OH is 1. The molecule has 2 fully saturated rings. The number of unbranched alkanes of at least 4 members (excludes halogenated alkanes) is 3. The molecule has 7 rings (SSSR count). The van der Waals surface area contributed by atoms with E-state index in [0.29, 0.717) is 58.6 Å². The third kappa shape index (κ3) is 14.9. The fourth-order valence-electron chi connectivity index (χ4n) is 11.5. The monoisotopic (exact) mass is 1060 g/mol. The van der Waals surface area contributed by atoms with Crippen LogP contribution in [0.15, 0.2) is 106 Å². The van der Waals surface area contributed by atoms with Gasteiger partial charge in [0.1, 0.15) is 11.5 Å². The molecule has 8 bridgehead atoms. The van der Waals surface area contributed by atoms with Crippen molar-refractivity contribution < 1.29 is 49.1 Å². The van der Waals surface area contributed by atoms with Gasteiger partial charge >= 0.3 is 17.9 Å². The van der Waals surface area contributed by atoms with Gasteiger partial charge in [-0.3, -0.25) is 43.6 Å². The van der Waals surface area contributed by atoms with Gasteiger partial charge in [-0.05, 0) is 93.9 Å². The van der Waals surface area contributed by atoms with Crippen molar-refractivity contribution in [2.75, 3.05) is 91.7 Å². The van der Waals surface area contributed by atoms with Gasteiger partial charge in [-0.1, -0.05) is 40.0 Å². The Morgan fingerprint density at radius 1 is 0.727 bits per heavy atom. The molecule has 19 heteroatoms. The smallest absolute Gasteiger partial charge is 0.317 e. The van der Waals surface area contributed by atoms with Crippen molar-refractivity contribution >= 4 is 46.7 Å². The van der Waals surface area contributed by atoms with Crippen molar-refractivity contribution in [1.29, 1.82) is 0 Å². The molecule has 418 valence electrons. The molecule has 6 N–H and O–H groups in total. The number of fused-ring (bicyclic) bond motifs is 5. The summed E-state index contributed by atoms with van der Waals surface area (Å²) >= 11 is 0. The summed E-state index contributed by atoms with van der Waals surface area (Å²) in [6.45, 7) is 17.6. The highest BCUT2D eigenvalue weighted by Crippen LogP contribution is 2.46. The maximum Gasteiger partial charge on any atom is 0.317 e. The summed E-state index contributed by atoms with van der Waals surface area (Å²) < 4.78 is 6.51. The lowest BCUT2D eigenvalue weighted by atomic mass is 9.86. The second-order valence-corrected chi connectivity index (χ2v) is 21.4. The van der Waals surface area contributed by atoms with E-state index in [4.69, 9.17) is 19.7 Å². The summed E-state index contributed by atoms with van der Waals surface area (Å²) in [5, 5.41) is 47.1. The van der Waals surface area contributed by atoms with Gasteiger partial charge in [-0.2, -0.15) is 0 Å². The Morgan fingerprint density at radius 2 is 1.31 bits per heavy atom. The highest BCUT2D eigenvalue weighted by Gasteiger charge is 2.41. The van der Waals surface area contributed by atoms with Crippen LogP contribution in [-0.2, 0) is 28.7 Å². The van der Waals surface area contributed by atoms with Crippen LogP contribution in [0, 0.1) is 11.8 Å². The Hall–Kier alpha value is -6.12. The molecule has 0 aromatic rings. The normalized spacial score (nSPS) is 22.3. The number of carboxylic acid groups (broad SMARTS) is 3. The number of ether oxygens (including phenoxy) is 1. The summed E-state index contributed by atoms with van der Waals surface area (Å²) in [5.41, 5.74) is 13.6. The number of ketones is 1. The van der Waals surface area contributed by atoms with Gasteiger partial charge in [-0.15, -0.1) is 0 Å². The summed E-state index contributed by atoms with van der Waals surface area (Å²) in [6.07, 6.45) is 12.9. The number of Topliss-reactive ketones (excluding diaryl/α,β-unsaturated/α-hetero) is 1. The lowest BCUT2D eigenvalue weighted by Crippen LogP contribution is -2.49. The first-order valence-corrected chi connectivity index (χ1v) is 27.8. The Kier molecular flexibility index (Phi) is 20.5. The number of hydrogen-bond donors (Lipinski definition) is 6. The maximum atomic E-state index is 13.7. The zero-order valence-electron chi connectivity index (χ0n) is 46.3. The number of carboxylic acids is 3. The minimum Gasteiger partial charge on any atom is -0.511 e. The molecule has 2 saturated heterocycles. The van der Waals surface area contributed by atoms with Crippen LogP contribution in [0.3, 0.4) is 0 Å². The van der Waals surface area contributed by atoms with Crippen LogP contribution in [0.4, 0.5) is 0 Å². The molecule has 0 aromatic heterocycles. The molecule has 3 atom stereocenters. The number of hydrogen-bond acceptors (Lipinski definition) is 15. The Labute approximate surface area is 453 Å². The van der Waals surface area contributed by atoms with Gasteiger partial charge in [0.25, 0.3) is 0 Å². The quantitative estimate of drug-likeness (QED) is 0.0609. The zero-order valence-corrected chi connectivity index (χ0v) is 46.3. The van der Waals surface area contributed by atoms with E-state index >= 15 is 0 Å². The molecule has 6 heterocycles. The zero-order chi connectivity index (χ0) is 55.5. The molecular weight excluding hydrogens is 983 g/mol. The lowest BCUT2D eigenvalue weighted by Gasteiger charge is -2.32. The van der Waals surface area contributed by atoms with E-state index in [9.17, 15) is 44.4 Å². The van der Waals surface area contributed by atoms with Crippen LogP contribution in [0.2, 0.25) is 0 Å². The van der Waals surface area contributed by atoms with Gasteiger partial charge in [-0.25, -0.2) is 15.0 Å². The van der Waals surface area contributed by atoms with Crippen molar-refractivity contribution in [2.24, 2.45) is 26.8 Å². The first kappa shape index (κ1) is 58.6. The molecule has 77 heavy (non-hydrogen) atoms. The molecule has 0 aromatic carbocycles. The van der Waals surface area contributed by atoms with Crippen LogP contribution >= 0.6 is 0 Å². The van der Waals surface area contributed by atoms with E-state index < -0.39 is 17.9 Å². The molecule has 0 saturated carbocycles. The number of amides is 1. The minimum atomic E-state index is -1.03. The number of aliphatic hydroxyl groups is 1. The molecular formula is C58H81N9O10. The molecule has 0 spiro atoms. The number of rotatable bonds is 23. The van der Waals surface area contributed by atoms with E-state index in [1.165, 1.54) is 6.42 Å². The number of aliphatic imine (C=N–C) groups is 3. The Bertz CT molecular complexity index is 2670. The van der Waals surface area contributed by atoms with E-state index in [1.54, 1.807) is 14.7 Å². The molecule has 1 aliphatic carbocycles. The summed E-state index contributed by atoms with van der Waals surface area (Å²) in [6, 6.07) is 0. The average Bonchev–Trinajstić information content (AvgIpc) is 4.14. The number of aliphatic carboxylic acids is 3. The summed E-state index contributed by atoms with van der Waals surface area (Å²) in [4.78, 5) is 84.9. The standard InChI is InChI=1S/C58H81N9O10/c1-8-10-11-12-26-77-39(7)55-37(5)46-28-45-36(4)42(57(62-45)43-27-50(69)56-38(6)47(63-58(43)56)29-48-41(9-2)35(3)44(60-48)30-49(55)61-46)15-16-51(70)59-17-13-14-40(68)31-64-18-20-65(32-52(71)72)22-24-67(34-54(75)76)25-23-66(21-19-64)33-53(73)74/h28-30,36,39,42,62,69H,8-27,31-34H2,1-7H3,(H,59,70)(H,71,72)(H,73,74)(H,75,76)/t36?,39-,42-/m0/s1. The first-order chi connectivity index (χ1) is 36.8. The van der Waals surface area contributed by atoms with Gasteiger partial charge in [0, 0.05) is 125 Å². The van der Waals surface area contributed by atoms with Gasteiger partial charge in [0.15, 0.2) is 0 Å². The van der Waals surface area contributed by atoms with Crippen LogP contribution in [0.25, 0.3) is 0 Å². The van der Waals surface area contributed by atoms with Gasteiger partial charge in [0.05, 0.1) is 66.5 Å². The average molecular weight is 1060 g/mol. The van der Waals surface area contributed by atoms with Crippen molar-refractivity contribution in [3.05, 3.63) is 91.5 Å². The SMILES string of the molecule is CCCCCCO[C@@H](C)C1=C(C)C2=NC1=CC1=NC(=CC3=C(C)C4=C(O)CC(=C5NC(=C2)C(C)[C@@H]5CCC(=O)NCCCC(=O)CN2CCN(CC(=O)O)CCN(CC(=O)O)CCN(CC(=O)O)CC2)C4=N3)C(CC)=C1C. The summed E-state index contributed by atoms with van der Waals surface area (Å²) in [7, 11) is 0. The fourth-order valence-corrected chi connectivity index (χ4v) is 11.5. The van der Waals surface area contributed by atoms with Gasteiger partial charge in [0.2, 0.25) is 5.91 Å². The van der Waals surface area contributed by atoms with Crippen LogP contribution in [-0.4, -0.2) is 185 Å². The lowest BCUT2D eigenvalue weighted by molar-refractivity contribution is -0.140. The highest BCUT2D eigenvalue weighted by atomic mass is 16.5. The molecule has 6 aliphatic heterocycles. The molecule has 19 nitrogen and oxygen atoms in total. The van der Waals surface area contributed by atoms with Crippen molar-refractivity contribution in [3.8, 4) is 0 Å². The minimum absolute atomic E-state index is 0.0517. The maximum absolute atomic E-state index is 13.7. The first-order valence-electron chi connectivity index (χ1n) is 27.8.